The van der Waals surface area contributed by atoms with Gasteiger partial charge in [-0.05, 0) is 25.0 Å². The zero-order valence-electron chi connectivity index (χ0n) is 13.0. The van der Waals surface area contributed by atoms with Gasteiger partial charge < -0.3 is 4.90 Å². The van der Waals surface area contributed by atoms with Crippen LogP contribution in [0, 0.1) is 6.92 Å². The van der Waals surface area contributed by atoms with E-state index in [0.29, 0.717) is 25.1 Å². The first-order chi connectivity index (χ1) is 11.3. The van der Waals surface area contributed by atoms with Gasteiger partial charge in [-0.25, -0.2) is 4.98 Å². The normalized spacial score (nSPS) is 18.0. The van der Waals surface area contributed by atoms with Gasteiger partial charge in [-0.3, -0.25) is 9.78 Å². The zero-order chi connectivity index (χ0) is 17.3. The van der Waals surface area contributed by atoms with E-state index in [1.54, 1.807) is 17.9 Å². The molecule has 1 aromatic heterocycles. The minimum Gasteiger partial charge on any atom is -0.337 e. The van der Waals surface area contributed by atoms with Crippen LogP contribution in [-0.4, -0.2) is 33.9 Å². The number of rotatable bonds is 2. The number of carbonyl (C=O) groups is 1. The molecule has 2 heterocycles. The van der Waals surface area contributed by atoms with Crippen LogP contribution >= 0.6 is 0 Å². The monoisotopic (exact) mass is 335 g/mol. The number of nitrogens with zero attached hydrogens (tertiary/aromatic N) is 3. The van der Waals surface area contributed by atoms with Crippen LogP contribution in [0.25, 0.3) is 0 Å². The molecule has 1 amide bonds. The van der Waals surface area contributed by atoms with Gasteiger partial charge in [-0.15, -0.1) is 0 Å². The maximum Gasteiger partial charge on any atom is 0.416 e. The molecule has 1 saturated heterocycles. The molecule has 0 radical (unpaired) electrons. The van der Waals surface area contributed by atoms with Gasteiger partial charge in [0.2, 0.25) is 0 Å². The summed E-state index contributed by atoms with van der Waals surface area (Å²) in [6.45, 7) is 2.66. The van der Waals surface area contributed by atoms with Crippen LogP contribution in [0.2, 0.25) is 0 Å². The number of hydrogen-bond acceptors (Lipinski definition) is 3. The molecule has 1 fully saturated rings. The maximum absolute atomic E-state index is 12.8. The SMILES string of the molecule is Cc1cnc(C(=O)N2CCC(c3cccc(C(F)(F)F)c3)C2)cn1. The van der Waals surface area contributed by atoms with E-state index in [4.69, 9.17) is 0 Å². The fraction of sp³-hybridized carbons (Fsp3) is 0.353. The summed E-state index contributed by atoms with van der Waals surface area (Å²) in [6, 6.07) is 5.32. The lowest BCUT2D eigenvalue weighted by Gasteiger charge is -2.17. The van der Waals surface area contributed by atoms with Crippen molar-refractivity contribution in [2.24, 2.45) is 0 Å². The second kappa shape index (κ2) is 6.22. The second-order valence-corrected chi connectivity index (χ2v) is 5.90. The van der Waals surface area contributed by atoms with Crippen molar-refractivity contribution in [1.29, 1.82) is 0 Å². The van der Waals surface area contributed by atoms with E-state index < -0.39 is 11.7 Å². The molecular weight excluding hydrogens is 319 g/mol. The standard InChI is InChI=1S/C17H16F3N3O/c1-11-8-22-15(9-21-11)16(24)23-6-5-13(10-23)12-3-2-4-14(7-12)17(18,19)20/h2-4,7-9,13H,5-6,10H2,1H3. The van der Waals surface area contributed by atoms with Gasteiger partial charge in [0, 0.05) is 25.2 Å². The molecule has 1 aliphatic rings. The highest BCUT2D eigenvalue weighted by atomic mass is 19.4. The number of carbonyl (C=O) groups excluding carboxylic acids is 1. The first kappa shape index (κ1) is 16.4. The average Bonchev–Trinajstić information content (AvgIpc) is 3.04. The summed E-state index contributed by atoms with van der Waals surface area (Å²) in [7, 11) is 0. The number of amides is 1. The lowest BCUT2D eigenvalue weighted by Crippen LogP contribution is -2.29. The molecule has 0 N–H and O–H groups in total. The lowest BCUT2D eigenvalue weighted by molar-refractivity contribution is -0.137. The number of halogens is 3. The van der Waals surface area contributed by atoms with Crippen LogP contribution in [0.3, 0.4) is 0 Å². The summed E-state index contributed by atoms with van der Waals surface area (Å²) >= 11 is 0. The lowest BCUT2D eigenvalue weighted by atomic mass is 9.96. The van der Waals surface area contributed by atoms with Crippen molar-refractivity contribution in [2.45, 2.75) is 25.4 Å². The average molecular weight is 335 g/mol. The summed E-state index contributed by atoms with van der Waals surface area (Å²) in [6.07, 6.45) is -0.781. The molecule has 126 valence electrons. The summed E-state index contributed by atoms with van der Waals surface area (Å²) in [5, 5.41) is 0. The van der Waals surface area contributed by atoms with Crippen LogP contribution in [-0.2, 0) is 6.18 Å². The van der Waals surface area contributed by atoms with Crippen LogP contribution in [0.15, 0.2) is 36.7 Å². The Morgan fingerprint density at radius 1 is 1.25 bits per heavy atom. The Morgan fingerprint density at radius 3 is 2.71 bits per heavy atom. The number of alkyl halides is 3. The molecular formula is C17H16F3N3O. The van der Waals surface area contributed by atoms with E-state index in [2.05, 4.69) is 9.97 Å². The Bertz CT molecular complexity index is 743. The van der Waals surface area contributed by atoms with Crippen LogP contribution in [0.1, 0.15) is 39.6 Å². The van der Waals surface area contributed by atoms with Gasteiger partial charge in [-0.1, -0.05) is 18.2 Å². The molecule has 0 spiro atoms. The number of aryl methyl sites for hydroxylation is 1. The number of aromatic nitrogens is 2. The quantitative estimate of drug-likeness (QED) is 0.845. The molecule has 2 aromatic rings. The molecule has 3 rings (SSSR count). The van der Waals surface area contributed by atoms with Gasteiger partial charge in [0.1, 0.15) is 5.69 Å². The number of hydrogen-bond donors (Lipinski definition) is 0. The van der Waals surface area contributed by atoms with E-state index in [0.717, 1.165) is 11.8 Å². The third kappa shape index (κ3) is 3.39. The van der Waals surface area contributed by atoms with Gasteiger partial charge in [-0.2, -0.15) is 13.2 Å². The summed E-state index contributed by atoms with van der Waals surface area (Å²) in [4.78, 5) is 22.1. The van der Waals surface area contributed by atoms with E-state index in [1.807, 2.05) is 0 Å². The summed E-state index contributed by atoms with van der Waals surface area (Å²) in [5.41, 5.74) is 0.921. The first-order valence-electron chi connectivity index (χ1n) is 7.59. The highest BCUT2D eigenvalue weighted by molar-refractivity contribution is 5.92. The maximum atomic E-state index is 12.8. The van der Waals surface area contributed by atoms with Crippen molar-refractivity contribution in [3.05, 3.63) is 59.2 Å². The van der Waals surface area contributed by atoms with Crippen LogP contribution in [0.4, 0.5) is 13.2 Å². The smallest absolute Gasteiger partial charge is 0.337 e. The minimum atomic E-state index is -4.36. The van der Waals surface area contributed by atoms with Crippen molar-refractivity contribution >= 4 is 5.91 Å². The van der Waals surface area contributed by atoms with Gasteiger partial charge in [0.15, 0.2) is 0 Å². The van der Waals surface area contributed by atoms with Gasteiger partial charge in [0.25, 0.3) is 5.91 Å². The Balaban J connectivity index is 1.73. The van der Waals surface area contributed by atoms with Crippen molar-refractivity contribution in [3.8, 4) is 0 Å². The molecule has 1 aliphatic heterocycles. The Hall–Kier alpha value is -2.44. The Labute approximate surface area is 137 Å². The highest BCUT2D eigenvalue weighted by Gasteiger charge is 2.33. The molecule has 24 heavy (non-hydrogen) atoms. The van der Waals surface area contributed by atoms with Crippen LogP contribution in [0.5, 0.6) is 0 Å². The molecule has 7 heteroatoms. The molecule has 1 atom stereocenters. The second-order valence-electron chi connectivity index (χ2n) is 5.90. The summed E-state index contributed by atoms with van der Waals surface area (Å²) in [5.74, 6) is -0.341. The molecule has 1 aromatic carbocycles. The Morgan fingerprint density at radius 2 is 2.04 bits per heavy atom. The number of benzene rings is 1. The van der Waals surface area contributed by atoms with E-state index in [9.17, 15) is 18.0 Å². The predicted molar refractivity (Wildman–Crippen MR) is 81.5 cm³/mol. The topological polar surface area (TPSA) is 46.1 Å². The van der Waals surface area contributed by atoms with E-state index in [-0.39, 0.29) is 17.5 Å². The fourth-order valence-corrected chi connectivity index (χ4v) is 2.85. The third-order valence-corrected chi connectivity index (χ3v) is 4.16. The van der Waals surface area contributed by atoms with Crippen molar-refractivity contribution < 1.29 is 18.0 Å². The Kier molecular flexibility index (Phi) is 4.26. The van der Waals surface area contributed by atoms with E-state index in [1.165, 1.54) is 24.5 Å². The van der Waals surface area contributed by atoms with Gasteiger partial charge in [0.05, 0.1) is 17.5 Å². The van der Waals surface area contributed by atoms with Crippen molar-refractivity contribution in [3.63, 3.8) is 0 Å². The fourth-order valence-electron chi connectivity index (χ4n) is 2.85. The molecule has 4 nitrogen and oxygen atoms in total. The number of likely N-dealkylation sites (tertiary alicyclic amines) is 1. The molecule has 0 saturated carbocycles. The summed E-state index contributed by atoms with van der Waals surface area (Å²) < 4.78 is 38.5. The van der Waals surface area contributed by atoms with Crippen molar-refractivity contribution in [1.82, 2.24) is 14.9 Å². The van der Waals surface area contributed by atoms with Crippen LogP contribution < -0.4 is 0 Å². The van der Waals surface area contributed by atoms with Crippen molar-refractivity contribution in [2.75, 3.05) is 13.1 Å². The predicted octanol–water partition coefficient (Wildman–Crippen LogP) is 3.43. The van der Waals surface area contributed by atoms with E-state index >= 15 is 0 Å². The largest absolute Gasteiger partial charge is 0.416 e. The molecule has 1 unspecified atom stereocenters. The highest BCUT2D eigenvalue weighted by Crippen LogP contribution is 2.34. The molecule has 0 bridgehead atoms. The zero-order valence-corrected chi connectivity index (χ0v) is 13.0. The minimum absolute atomic E-state index is 0.102. The molecule has 0 aliphatic carbocycles. The third-order valence-electron chi connectivity index (χ3n) is 4.16. The first-order valence-corrected chi connectivity index (χ1v) is 7.59. The van der Waals surface area contributed by atoms with Gasteiger partial charge >= 0.3 is 6.18 Å².